The molecule has 110 valence electrons. The molecule has 0 saturated heterocycles. The molecule has 0 atom stereocenters. The quantitative estimate of drug-likeness (QED) is 0.901. The fourth-order valence-corrected chi connectivity index (χ4v) is 2.37. The molecule has 0 fully saturated rings. The summed E-state index contributed by atoms with van der Waals surface area (Å²) in [6.45, 7) is 3.80. The van der Waals surface area contributed by atoms with Crippen LogP contribution in [0.2, 0.25) is 5.02 Å². The molecule has 21 heavy (non-hydrogen) atoms. The van der Waals surface area contributed by atoms with Gasteiger partial charge >= 0.3 is 5.97 Å². The molecule has 0 aliphatic heterocycles. The maximum absolute atomic E-state index is 11.0. The molecule has 1 heterocycles. The highest BCUT2D eigenvalue weighted by Gasteiger charge is 2.13. The SMILES string of the molecule is CCCCc1ccc(-c2ncc(C(=O)O)c(C)n2)c(Cl)c1. The third-order valence-corrected chi connectivity index (χ3v) is 3.62. The van der Waals surface area contributed by atoms with Crippen LogP contribution in [0, 0.1) is 6.92 Å². The third-order valence-electron chi connectivity index (χ3n) is 3.30. The number of halogens is 1. The number of nitrogens with zero attached hydrogens (tertiary/aromatic N) is 2. The minimum Gasteiger partial charge on any atom is -0.478 e. The number of carbonyl (C=O) groups is 1. The Hall–Kier alpha value is -1.94. The zero-order valence-electron chi connectivity index (χ0n) is 12.1. The largest absolute Gasteiger partial charge is 0.478 e. The molecule has 0 amide bonds. The number of hydrogen-bond acceptors (Lipinski definition) is 3. The van der Waals surface area contributed by atoms with Crippen molar-refractivity contribution in [2.24, 2.45) is 0 Å². The van der Waals surface area contributed by atoms with Crippen LogP contribution in [0.15, 0.2) is 24.4 Å². The number of aryl methyl sites for hydroxylation is 2. The lowest BCUT2D eigenvalue weighted by molar-refractivity contribution is 0.0695. The number of benzene rings is 1. The molecule has 0 aliphatic rings. The van der Waals surface area contributed by atoms with E-state index >= 15 is 0 Å². The van der Waals surface area contributed by atoms with E-state index in [1.54, 1.807) is 6.92 Å². The summed E-state index contributed by atoms with van der Waals surface area (Å²) in [7, 11) is 0. The van der Waals surface area contributed by atoms with Crippen molar-refractivity contribution in [3.05, 3.63) is 46.2 Å². The van der Waals surface area contributed by atoms with Crippen LogP contribution in [0.1, 0.15) is 41.4 Å². The Morgan fingerprint density at radius 1 is 1.38 bits per heavy atom. The Balaban J connectivity index is 2.34. The van der Waals surface area contributed by atoms with Crippen molar-refractivity contribution < 1.29 is 9.90 Å². The van der Waals surface area contributed by atoms with E-state index in [0.29, 0.717) is 16.5 Å². The van der Waals surface area contributed by atoms with Crippen LogP contribution in [0.25, 0.3) is 11.4 Å². The van der Waals surface area contributed by atoms with Crippen LogP contribution in [0.5, 0.6) is 0 Å². The van der Waals surface area contributed by atoms with Gasteiger partial charge in [0.25, 0.3) is 0 Å². The van der Waals surface area contributed by atoms with E-state index in [4.69, 9.17) is 16.7 Å². The second-order valence-corrected chi connectivity index (χ2v) is 5.32. The second kappa shape index (κ2) is 6.68. The minimum atomic E-state index is -1.03. The monoisotopic (exact) mass is 304 g/mol. The molecule has 5 heteroatoms. The van der Waals surface area contributed by atoms with Gasteiger partial charge in [-0.3, -0.25) is 0 Å². The molecule has 1 aromatic heterocycles. The van der Waals surface area contributed by atoms with Crippen LogP contribution < -0.4 is 0 Å². The molecule has 4 nitrogen and oxygen atoms in total. The van der Waals surface area contributed by atoms with E-state index in [9.17, 15) is 4.79 Å². The fraction of sp³-hybridized carbons (Fsp3) is 0.312. The average molecular weight is 305 g/mol. The molecule has 0 aliphatic carbocycles. The van der Waals surface area contributed by atoms with Gasteiger partial charge in [-0.05, 0) is 37.5 Å². The number of aromatic nitrogens is 2. The first-order valence-electron chi connectivity index (χ1n) is 6.88. The molecule has 1 aromatic carbocycles. The number of hydrogen-bond donors (Lipinski definition) is 1. The Kier molecular flexibility index (Phi) is 4.91. The van der Waals surface area contributed by atoms with Gasteiger partial charge in [-0.25, -0.2) is 14.8 Å². The van der Waals surface area contributed by atoms with Crippen LogP contribution in [-0.2, 0) is 6.42 Å². The Morgan fingerprint density at radius 3 is 2.71 bits per heavy atom. The van der Waals surface area contributed by atoms with Gasteiger partial charge in [0.1, 0.15) is 0 Å². The van der Waals surface area contributed by atoms with E-state index in [2.05, 4.69) is 16.9 Å². The van der Waals surface area contributed by atoms with Crippen molar-refractivity contribution in [3.63, 3.8) is 0 Å². The highest BCUT2D eigenvalue weighted by Crippen LogP contribution is 2.27. The van der Waals surface area contributed by atoms with E-state index < -0.39 is 5.97 Å². The van der Waals surface area contributed by atoms with E-state index in [1.807, 2.05) is 18.2 Å². The van der Waals surface area contributed by atoms with E-state index in [-0.39, 0.29) is 5.56 Å². The van der Waals surface area contributed by atoms with Crippen LogP contribution >= 0.6 is 11.6 Å². The molecule has 0 radical (unpaired) electrons. The van der Waals surface area contributed by atoms with Gasteiger partial charge < -0.3 is 5.11 Å². The number of rotatable bonds is 5. The lowest BCUT2D eigenvalue weighted by Crippen LogP contribution is -2.04. The van der Waals surface area contributed by atoms with Gasteiger partial charge in [-0.2, -0.15) is 0 Å². The molecule has 2 rings (SSSR count). The second-order valence-electron chi connectivity index (χ2n) is 4.92. The number of carboxylic acids is 1. The molecule has 0 saturated carbocycles. The Bertz CT molecular complexity index is 671. The summed E-state index contributed by atoms with van der Waals surface area (Å²) < 4.78 is 0. The fourth-order valence-electron chi connectivity index (χ4n) is 2.08. The molecular weight excluding hydrogens is 288 g/mol. The lowest BCUT2D eigenvalue weighted by atomic mass is 10.1. The average Bonchev–Trinajstić information content (AvgIpc) is 2.44. The van der Waals surface area contributed by atoms with Gasteiger partial charge in [0.2, 0.25) is 0 Å². The normalized spacial score (nSPS) is 10.6. The highest BCUT2D eigenvalue weighted by atomic mass is 35.5. The first-order valence-corrected chi connectivity index (χ1v) is 7.26. The van der Waals surface area contributed by atoms with Crippen molar-refractivity contribution in [2.45, 2.75) is 33.1 Å². The topological polar surface area (TPSA) is 63.1 Å². The predicted molar refractivity (Wildman–Crippen MR) is 82.8 cm³/mol. The zero-order valence-corrected chi connectivity index (χ0v) is 12.8. The summed E-state index contributed by atoms with van der Waals surface area (Å²) in [4.78, 5) is 19.3. The van der Waals surface area contributed by atoms with Crippen molar-refractivity contribution in [1.29, 1.82) is 0 Å². The summed E-state index contributed by atoms with van der Waals surface area (Å²) in [5, 5.41) is 9.58. The summed E-state index contributed by atoms with van der Waals surface area (Å²) in [6, 6.07) is 5.83. The Labute approximate surface area is 128 Å². The molecule has 0 spiro atoms. The van der Waals surface area contributed by atoms with Crippen LogP contribution in [-0.4, -0.2) is 21.0 Å². The Morgan fingerprint density at radius 2 is 2.14 bits per heavy atom. The van der Waals surface area contributed by atoms with Crippen LogP contribution in [0.3, 0.4) is 0 Å². The molecule has 0 unspecified atom stereocenters. The first kappa shape index (κ1) is 15.4. The highest BCUT2D eigenvalue weighted by molar-refractivity contribution is 6.33. The predicted octanol–water partition coefficient (Wildman–Crippen LogP) is 4.15. The molecule has 1 N–H and O–H groups in total. The van der Waals surface area contributed by atoms with Gasteiger partial charge in [0.15, 0.2) is 5.82 Å². The summed E-state index contributed by atoms with van der Waals surface area (Å²) in [5.74, 6) is -0.579. The van der Waals surface area contributed by atoms with Crippen molar-refractivity contribution >= 4 is 17.6 Å². The van der Waals surface area contributed by atoms with Crippen molar-refractivity contribution in [2.75, 3.05) is 0 Å². The molecular formula is C16H17ClN2O2. The van der Waals surface area contributed by atoms with Crippen molar-refractivity contribution in [3.8, 4) is 11.4 Å². The summed E-state index contributed by atoms with van der Waals surface area (Å²) >= 11 is 6.30. The van der Waals surface area contributed by atoms with Gasteiger partial charge in [-0.1, -0.05) is 31.0 Å². The molecule has 2 aromatic rings. The van der Waals surface area contributed by atoms with Crippen molar-refractivity contribution in [1.82, 2.24) is 9.97 Å². The van der Waals surface area contributed by atoms with Crippen LogP contribution in [0.4, 0.5) is 0 Å². The van der Waals surface area contributed by atoms with Gasteiger partial charge in [0, 0.05) is 11.8 Å². The zero-order chi connectivity index (χ0) is 15.4. The third kappa shape index (κ3) is 3.58. The molecule has 0 bridgehead atoms. The maximum atomic E-state index is 11.0. The lowest BCUT2D eigenvalue weighted by Gasteiger charge is -2.08. The van der Waals surface area contributed by atoms with Gasteiger partial charge in [0.05, 0.1) is 16.3 Å². The number of carboxylic acid groups (broad SMARTS) is 1. The van der Waals surface area contributed by atoms with E-state index in [1.165, 1.54) is 11.8 Å². The summed E-state index contributed by atoms with van der Waals surface area (Å²) in [6.07, 6.45) is 4.58. The first-order chi connectivity index (χ1) is 10.0. The number of unbranched alkanes of at least 4 members (excludes halogenated alkanes) is 1. The maximum Gasteiger partial charge on any atom is 0.339 e. The van der Waals surface area contributed by atoms with E-state index in [0.717, 1.165) is 24.8 Å². The smallest absolute Gasteiger partial charge is 0.339 e. The minimum absolute atomic E-state index is 0.106. The van der Waals surface area contributed by atoms with Gasteiger partial charge in [-0.15, -0.1) is 0 Å². The standard InChI is InChI=1S/C16H17ClN2O2/c1-3-4-5-11-6-7-12(14(17)8-11)15-18-9-13(16(20)21)10(2)19-15/h6-9H,3-5H2,1-2H3,(H,20,21). The summed E-state index contributed by atoms with van der Waals surface area (Å²) in [5.41, 5.74) is 2.44. The number of aromatic carboxylic acids is 1.